The number of carbonyl (C=O) groups is 1. The Morgan fingerprint density at radius 2 is 1.80 bits per heavy atom. The number of aliphatic carboxylic acids is 1. The third-order valence-corrected chi connectivity index (χ3v) is 1.81. The van der Waals surface area contributed by atoms with Gasteiger partial charge in [-0.1, -0.05) is 18.7 Å². The molecule has 0 aliphatic heterocycles. The summed E-state index contributed by atoms with van der Waals surface area (Å²) in [6.07, 6.45) is 6.49. The van der Waals surface area contributed by atoms with E-state index < -0.39 is 5.97 Å². The van der Waals surface area contributed by atoms with Crippen LogP contribution in [-0.2, 0) is 4.79 Å². The van der Waals surface area contributed by atoms with Crippen molar-refractivity contribution in [3.05, 3.63) is 47.7 Å². The van der Waals surface area contributed by atoms with Crippen molar-refractivity contribution in [1.82, 2.24) is 0 Å². The van der Waals surface area contributed by atoms with E-state index in [1.807, 2.05) is 6.92 Å². The van der Waals surface area contributed by atoms with Gasteiger partial charge in [0.1, 0.15) is 0 Å². The van der Waals surface area contributed by atoms with Gasteiger partial charge in [-0.05, 0) is 37.8 Å². The Kier molecular flexibility index (Phi) is 5.71. The summed E-state index contributed by atoms with van der Waals surface area (Å²) in [6.45, 7) is 10.5. The lowest BCUT2D eigenvalue weighted by Gasteiger charge is -1.97. The number of carboxylic acid groups (broad SMARTS) is 1. The Morgan fingerprint density at radius 3 is 2.27 bits per heavy atom. The van der Waals surface area contributed by atoms with Crippen molar-refractivity contribution in [3.63, 3.8) is 0 Å². The van der Waals surface area contributed by atoms with Crippen molar-refractivity contribution in [2.24, 2.45) is 4.99 Å². The summed E-state index contributed by atoms with van der Waals surface area (Å²) in [4.78, 5) is 14.0. The van der Waals surface area contributed by atoms with Gasteiger partial charge in [-0.3, -0.25) is 4.99 Å². The summed E-state index contributed by atoms with van der Waals surface area (Å²) in [7, 11) is 0. The van der Waals surface area contributed by atoms with Gasteiger partial charge in [0, 0.05) is 11.8 Å². The second-order valence-electron chi connectivity index (χ2n) is 3.03. The Hall–Kier alpha value is -1.90. The first-order valence-electron chi connectivity index (χ1n) is 4.39. The Balaban J connectivity index is 4.64. The third-order valence-electron chi connectivity index (χ3n) is 1.81. The maximum absolute atomic E-state index is 10.5. The number of hydrogen-bond acceptors (Lipinski definition) is 2. The standard InChI is InChI=1S/C12H15NO2/c1-9(10(2)7-8-13-4)5-6-11(3)12(14)15/h5-8H,2,4H2,1,3H3,(H,14,15)/b8-7-,9-5+,11-6+. The number of nitrogens with zero attached hydrogens (tertiary/aromatic N) is 1. The van der Waals surface area contributed by atoms with E-state index in [4.69, 9.17) is 5.11 Å². The first-order valence-corrected chi connectivity index (χ1v) is 4.39. The van der Waals surface area contributed by atoms with Crippen LogP contribution in [0.5, 0.6) is 0 Å². The normalized spacial score (nSPS) is 12.9. The molecule has 0 rings (SSSR count). The molecule has 0 saturated carbocycles. The lowest BCUT2D eigenvalue weighted by Crippen LogP contribution is -1.94. The van der Waals surface area contributed by atoms with E-state index in [-0.39, 0.29) is 5.57 Å². The van der Waals surface area contributed by atoms with Crippen LogP contribution in [0.4, 0.5) is 0 Å². The van der Waals surface area contributed by atoms with Gasteiger partial charge in [0.2, 0.25) is 0 Å². The molecule has 15 heavy (non-hydrogen) atoms. The minimum absolute atomic E-state index is 0.285. The number of aliphatic imine (C=N–C) groups is 1. The molecule has 0 atom stereocenters. The van der Waals surface area contributed by atoms with Gasteiger partial charge in [0.05, 0.1) is 0 Å². The molecule has 0 saturated heterocycles. The molecule has 0 aromatic heterocycles. The average Bonchev–Trinajstić information content (AvgIpc) is 2.21. The number of rotatable bonds is 5. The van der Waals surface area contributed by atoms with Crippen LogP contribution in [0.15, 0.2) is 52.7 Å². The molecule has 0 radical (unpaired) electrons. The highest BCUT2D eigenvalue weighted by atomic mass is 16.4. The van der Waals surface area contributed by atoms with Crippen LogP contribution in [-0.4, -0.2) is 17.8 Å². The quantitative estimate of drug-likeness (QED) is 0.426. The average molecular weight is 205 g/mol. The number of allylic oxidation sites excluding steroid dienone is 5. The van der Waals surface area contributed by atoms with Gasteiger partial charge in [-0.25, -0.2) is 4.79 Å². The minimum Gasteiger partial charge on any atom is -0.478 e. The van der Waals surface area contributed by atoms with Gasteiger partial charge in [-0.15, -0.1) is 0 Å². The zero-order chi connectivity index (χ0) is 11.8. The van der Waals surface area contributed by atoms with E-state index in [1.54, 1.807) is 12.2 Å². The molecule has 0 aromatic rings. The molecule has 0 heterocycles. The highest BCUT2D eigenvalue weighted by Crippen LogP contribution is 2.09. The largest absolute Gasteiger partial charge is 0.478 e. The van der Waals surface area contributed by atoms with Crippen LogP contribution in [0.1, 0.15) is 13.8 Å². The van der Waals surface area contributed by atoms with Crippen molar-refractivity contribution in [2.45, 2.75) is 13.8 Å². The maximum atomic E-state index is 10.5. The van der Waals surface area contributed by atoms with E-state index in [2.05, 4.69) is 18.3 Å². The molecule has 0 aliphatic carbocycles. The second kappa shape index (κ2) is 6.54. The molecule has 0 unspecified atom stereocenters. The summed E-state index contributed by atoms with van der Waals surface area (Å²) in [6, 6.07) is 0. The van der Waals surface area contributed by atoms with Crippen LogP contribution in [0.2, 0.25) is 0 Å². The Labute approximate surface area is 89.8 Å². The van der Waals surface area contributed by atoms with Gasteiger partial charge < -0.3 is 5.11 Å². The predicted octanol–water partition coefficient (Wildman–Crippen LogP) is 2.73. The van der Waals surface area contributed by atoms with Crippen molar-refractivity contribution in [2.75, 3.05) is 0 Å². The molecule has 0 aromatic carbocycles. The van der Waals surface area contributed by atoms with E-state index >= 15 is 0 Å². The van der Waals surface area contributed by atoms with Crippen molar-refractivity contribution < 1.29 is 9.90 Å². The molecular formula is C12H15NO2. The van der Waals surface area contributed by atoms with Crippen LogP contribution in [0.25, 0.3) is 0 Å². The predicted molar refractivity (Wildman–Crippen MR) is 63.0 cm³/mol. The Morgan fingerprint density at radius 1 is 1.27 bits per heavy atom. The van der Waals surface area contributed by atoms with E-state index in [1.165, 1.54) is 19.2 Å². The smallest absolute Gasteiger partial charge is 0.331 e. The van der Waals surface area contributed by atoms with Gasteiger partial charge in [0.25, 0.3) is 0 Å². The fourth-order valence-electron chi connectivity index (χ4n) is 0.702. The fourth-order valence-corrected chi connectivity index (χ4v) is 0.702. The van der Waals surface area contributed by atoms with E-state index in [0.717, 1.165) is 11.1 Å². The molecule has 0 bridgehead atoms. The lowest BCUT2D eigenvalue weighted by molar-refractivity contribution is -0.132. The maximum Gasteiger partial charge on any atom is 0.331 e. The highest BCUT2D eigenvalue weighted by Gasteiger charge is 1.97. The topological polar surface area (TPSA) is 49.7 Å². The summed E-state index contributed by atoms with van der Waals surface area (Å²) in [5, 5.41) is 8.62. The van der Waals surface area contributed by atoms with Crippen LogP contribution >= 0.6 is 0 Å². The molecule has 1 N–H and O–H groups in total. The summed E-state index contributed by atoms with van der Waals surface area (Å²) in [5.41, 5.74) is 1.94. The molecule has 0 fully saturated rings. The van der Waals surface area contributed by atoms with Crippen molar-refractivity contribution in [3.8, 4) is 0 Å². The van der Waals surface area contributed by atoms with Crippen molar-refractivity contribution in [1.29, 1.82) is 0 Å². The summed E-state index contributed by atoms with van der Waals surface area (Å²) < 4.78 is 0. The molecular weight excluding hydrogens is 190 g/mol. The Bertz CT molecular complexity index is 360. The van der Waals surface area contributed by atoms with Crippen molar-refractivity contribution >= 4 is 12.7 Å². The summed E-state index contributed by atoms with van der Waals surface area (Å²) in [5.74, 6) is -0.923. The number of hydrogen-bond donors (Lipinski definition) is 1. The highest BCUT2D eigenvalue weighted by molar-refractivity contribution is 5.86. The minimum atomic E-state index is -0.923. The molecule has 3 nitrogen and oxygen atoms in total. The fraction of sp³-hybridized carbons (Fsp3) is 0.167. The van der Waals surface area contributed by atoms with E-state index in [9.17, 15) is 4.79 Å². The zero-order valence-corrected chi connectivity index (χ0v) is 9.03. The van der Waals surface area contributed by atoms with Crippen LogP contribution in [0.3, 0.4) is 0 Å². The van der Waals surface area contributed by atoms with Crippen LogP contribution < -0.4 is 0 Å². The molecule has 0 spiro atoms. The molecule has 0 aliphatic rings. The second-order valence-corrected chi connectivity index (χ2v) is 3.03. The van der Waals surface area contributed by atoms with Gasteiger partial charge in [-0.2, -0.15) is 0 Å². The SMILES string of the molecule is C=N/C=C\C(=C)/C(C)=C/C=C(\C)C(=O)O. The first kappa shape index (κ1) is 13.1. The molecule has 0 amide bonds. The van der Waals surface area contributed by atoms with Gasteiger partial charge >= 0.3 is 5.97 Å². The zero-order valence-electron chi connectivity index (χ0n) is 9.03. The van der Waals surface area contributed by atoms with Gasteiger partial charge in [0.15, 0.2) is 0 Å². The van der Waals surface area contributed by atoms with Crippen LogP contribution in [0, 0.1) is 0 Å². The first-order chi connectivity index (χ1) is 6.99. The lowest BCUT2D eigenvalue weighted by atomic mass is 10.1. The number of carboxylic acids is 1. The van der Waals surface area contributed by atoms with E-state index in [0.29, 0.717) is 0 Å². The molecule has 3 heteroatoms. The third kappa shape index (κ3) is 5.41. The monoisotopic (exact) mass is 205 g/mol. The molecule has 80 valence electrons. The summed E-state index contributed by atoms with van der Waals surface area (Å²) >= 11 is 0.